The smallest absolute Gasteiger partial charge is 0.115 e. The van der Waals surface area contributed by atoms with Crippen molar-refractivity contribution in [3.8, 4) is 6.07 Å². The monoisotopic (exact) mass is 258 g/mol. The van der Waals surface area contributed by atoms with E-state index in [-0.39, 0.29) is 0 Å². The fraction of sp³-hybridized carbons (Fsp3) is 0.308. The van der Waals surface area contributed by atoms with Crippen LogP contribution in [0.1, 0.15) is 22.4 Å². The van der Waals surface area contributed by atoms with Gasteiger partial charge in [0.1, 0.15) is 11.1 Å². The minimum absolute atomic E-state index is 0.675. The molecule has 0 aliphatic carbocycles. The molecule has 0 atom stereocenters. The van der Waals surface area contributed by atoms with Crippen molar-refractivity contribution >= 4 is 11.8 Å². The van der Waals surface area contributed by atoms with Crippen LogP contribution in [0, 0.1) is 25.2 Å². The minimum atomic E-state index is 0.675. The molecule has 0 amide bonds. The van der Waals surface area contributed by atoms with E-state index in [9.17, 15) is 5.26 Å². The van der Waals surface area contributed by atoms with Crippen LogP contribution in [0.5, 0.6) is 0 Å². The quantitative estimate of drug-likeness (QED) is 0.794. The molecule has 0 aliphatic rings. The topological polar surface area (TPSA) is 54.5 Å². The van der Waals surface area contributed by atoms with Crippen molar-refractivity contribution in [2.24, 2.45) is 7.05 Å². The Balaban J connectivity index is 2.21. The molecule has 4 nitrogen and oxygen atoms in total. The summed E-state index contributed by atoms with van der Waals surface area (Å²) in [5, 5.41) is 14.1. The van der Waals surface area contributed by atoms with E-state index in [1.54, 1.807) is 16.4 Å². The lowest BCUT2D eigenvalue weighted by Crippen LogP contribution is -1.94. The zero-order valence-corrected chi connectivity index (χ0v) is 11.5. The molecule has 0 saturated heterocycles. The first kappa shape index (κ1) is 12.7. The third-order valence-corrected chi connectivity index (χ3v) is 3.60. The summed E-state index contributed by atoms with van der Waals surface area (Å²) in [5.41, 5.74) is 3.74. The van der Waals surface area contributed by atoms with Crippen molar-refractivity contribution in [3.05, 3.63) is 40.8 Å². The highest BCUT2D eigenvalue weighted by atomic mass is 32.2. The zero-order valence-electron chi connectivity index (χ0n) is 10.6. The predicted molar refractivity (Wildman–Crippen MR) is 71.2 cm³/mol. The SMILES string of the molecule is Cc1cc(C)c(C#N)c(SCc2cnn(C)c2)n1. The number of thioether (sulfide) groups is 1. The van der Waals surface area contributed by atoms with Gasteiger partial charge in [0.25, 0.3) is 0 Å². The number of aromatic nitrogens is 3. The molecule has 92 valence electrons. The first-order chi connectivity index (χ1) is 8.60. The Bertz CT molecular complexity index is 610. The first-order valence-electron chi connectivity index (χ1n) is 5.59. The van der Waals surface area contributed by atoms with Gasteiger partial charge >= 0.3 is 0 Å². The third kappa shape index (κ3) is 2.71. The molecule has 0 aliphatic heterocycles. The molecule has 18 heavy (non-hydrogen) atoms. The van der Waals surface area contributed by atoms with Gasteiger partial charge in [0.2, 0.25) is 0 Å². The molecule has 2 heterocycles. The van der Waals surface area contributed by atoms with Gasteiger partial charge in [-0.2, -0.15) is 10.4 Å². The number of hydrogen-bond donors (Lipinski definition) is 0. The van der Waals surface area contributed by atoms with Gasteiger partial charge in [-0.3, -0.25) is 4.68 Å². The van der Waals surface area contributed by atoms with Crippen LogP contribution in [0.15, 0.2) is 23.5 Å². The molecule has 2 aromatic rings. The molecular formula is C13H14N4S. The van der Waals surface area contributed by atoms with E-state index in [4.69, 9.17) is 0 Å². The number of rotatable bonds is 3. The molecule has 0 bridgehead atoms. The van der Waals surface area contributed by atoms with Crippen molar-refractivity contribution < 1.29 is 0 Å². The maximum absolute atomic E-state index is 9.17. The highest BCUT2D eigenvalue weighted by molar-refractivity contribution is 7.98. The molecule has 0 unspecified atom stereocenters. The standard InChI is InChI=1S/C13H14N4S/c1-9-4-10(2)16-13(12(9)5-14)18-8-11-6-15-17(3)7-11/h4,6-7H,8H2,1-3H3. The van der Waals surface area contributed by atoms with Gasteiger partial charge in [0.15, 0.2) is 0 Å². The number of hydrogen-bond acceptors (Lipinski definition) is 4. The highest BCUT2D eigenvalue weighted by Crippen LogP contribution is 2.26. The summed E-state index contributed by atoms with van der Waals surface area (Å²) in [5.74, 6) is 0.776. The third-order valence-electron chi connectivity index (χ3n) is 2.56. The molecule has 0 saturated carbocycles. The van der Waals surface area contributed by atoms with Crippen LogP contribution in [0.25, 0.3) is 0 Å². The summed E-state index contributed by atoms with van der Waals surface area (Å²) >= 11 is 1.58. The van der Waals surface area contributed by atoms with Gasteiger partial charge < -0.3 is 0 Å². The van der Waals surface area contributed by atoms with E-state index < -0.39 is 0 Å². The van der Waals surface area contributed by atoms with Crippen LogP contribution < -0.4 is 0 Å². The number of pyridine rings is 1. The fourth-order valence-corrected chi connectivity index (χ4v) is 2.75. The van der Waals surface area contributed by atoms with Gasteiger partial charge in [0.05, 0.1) is 11.8 Å². The van der Waals surface area contributed by atoms with Crippen LogP contribution in [0.3, 0.4) is 0 Å². The van der Waals surface area contributed by atoms with E-state index in [0.29, 0.717) is 5.56 Å². The van der Waals surface area contributed by atoms with E-state index in [0.717, 1.165) is 27.6 Å². The van der Waals surface area contributed by atoms with Crippen molar-refractivity contribution in [1.29, 1.82) is 5.26 Å². The van der Waals surface area contributed by atoms with Gasteiger partial charge in [0, 0.05) is 30.3 Å². The second-order valence-corrected chi connectivity index (χ2v) is 5.15. The summed E-state index contributed by atoms with van der Waals surface area (Å²) in [6, 6.07) is 4.17. The normalized spacial score (nSPS) is 10.3. The summed E-state index contributed by atoms with van der Waals surface area (Å²) in [7, 11) is 1.89. The Labute approximate surface area is 111 Å². The molecule has 5 heteroatoms. The minimum Gasteiger partial charge on any atom is -0.276 e. The van der Waals surface area contributed by atoms with Crippen LogP contribution in [0.4, 0.5) is 0 Å². The average Bonchev–Trinajstić information content (AvgIpc) is 2.72. The van der Waals surface area contributed by atoms with Gasteiger partial charge in [-0.15, -0.1) is 11.8 Å². The van der Waals surface area contributed by atoms with E-state index in [2.05, 4.69) is 16.2 Å². The molecular weight excluding hydrogens is 244 g/mol. The molecule has 2 rings (SSSR count). The summed E-state index contributed by atoms with van der Waals surface area (Å²) in [6.45, 7) is 3.89. The molecule has 0 spiro atoms. The maximum Gasteiger partial charge on any atom is 0.115 e. The molecule has 0 radical (unpaired) electrons. The Hall–Kier alpha value is -1.80. The summed E-state index contributed by atoms with van der Waals surface area (Å²) in [4.78, 5) is 4.44. The summed E-state index contributed by atoms with van der Waals surface area (Å²) in [6.07, 6.45) is 3.81. The average molecular weight is 258 g/mol. The van der Waals surface area contributed by atoms with Crippen molar-refractivity contribution in [2.75, 3.05) is 0 Å². The number of nitriles is 1. The maximum atomic E-state index is 9.17. The highest BCUT2D eigenvalue weighted by Gasteiger charge is 2.09. The van der Waals surface area contributed by atoms with Crippen LogP contribution in [0.2, 0.25) is 0 Å². The van der Waals surface area contributed by atoms with Crippen LogP contribution >= 0.6 is 11.8 Å². The van der Waals surface area contributed by atoms with E-state index in [1.807, 2.05) is 39.4 Å². The first-order valence-corrected chi connectivity index (χ1v) is 6.57. The Morgan fingerprint density at radius 2 is 2.22 bits per heavy atom. The van der Waals surface area contributed by atoms with Crippen molar-refractivity contribution in [2.45, 2.75) is 24.6 Å². The molecule has 0 aromatic carbocycles. The van der Waals surface area contributed by atoms with E-state index >= 15 is 0 Å². The molecule has 0 fully saturated rings. The molecule has 0 N–H and O–H groups in total. The van der Waals surface area contributed by atoms with Crippen LogP contribution in [-0.2, 0) is 12.8 Å². The lowest BCUT2D eigenvalue weighted by Gasteiger charge is -2.06. The Morgan fingerprint density at radius 3 is 2.83 bits per heavy atom. The number of aryl methyl sites for hydroxylation is 3. The lowest BCUT2D eigenvalue weighted by molar-refractivity contribution is 0.767. The Morgan fingerprint density at radius 1 is 1.44 bits per heavy atom. The molecule has 2 aromatic heterocycles. The predicted octanol–water partition coefficient (Wildman–Crippen LogP) is 2.60. The second kappa shape index (κ2) is 5.23. The van der Waals surface area contributed by atoms with Gasteiger partial charge in [-0.05, 0) is 25.5 Å². The van der Waals surface area contributed by atoms with Gasteiger partial charge in [-0.1, -0.05) is 0 Å². The van der Waals surface area contributed by atoms with Gasteiger partial charge in [-0.25, -0.2) is 4.98 Å². The van der Waals surface area contributed by atoms with Crippen molar-refractivity contribution in [1.82, 2.24) is 14.8 Å². The Kier molecular flexibility index (Phi) is 3.68. The largest absolute Gasteiger partial charge is 0.276 e. The lowest BCUT2D eigenvalue weighted by atomic mass is 10.1. The zero-order chi connectivity index (χ0) is 13.1. The fourth-order valence-electron chi connectivity index (χ4n) is 1.74. The summed E-state index contributed by atoms with van der Waals surface area (Å²) < 4.78 is 1.77. The van der Waals surface area contributed by atoms with Crippen LogP contribution in [-0.4, -0.2) is 14.8 Å². The van der Waals surface area contributed by atoms with Crippen molar-refractivity contribution in [3.63, 3.8) is 0 Å². The van der Waals surface area contributed by atoms with E-state index in [1.165, 1.54) is 0 Å². The second-order valence-electron chi connectivity index (χ2n) is 4.18. The number of nitrogens with zero attached hydrogens (tertiary/aromatic N) is 4.